The van der Waals surface area contributed by atoms with E-state index >= 15 is 0 Å². The molecule has 3 N–H and O–H groups in total. The number of nitrogen functional groups attached to an aromatic ring is 1. The molecule has 0 spiro atoms. The van der Waals surface area contributed by atoms with E-state index in [1.54, 1.807) is 12.1 Å². The van der Waals surface area contributed by atoms with Crippen molar-refractivity contribution < 1.29 is 4.79 Å². The molecule has 0 saturated heterocycles. The summed E-state index contributed by atoms with van der Waals surface area (Å²) in [5, 5.41) is 2.84. The van der Waals surface area contributed by atoms with Gasteiger partial charge >= 0.3 is 0 Å². The number of halogens is 1. The summed E-state index contributed by atoms with van der Waals surface area (Å²) in [5.41, 5.74) is 8.05. The molecule has 0 fully saturated rings. The first kappa shape index (κ1) is 12.6. The summed E-state index contributed by atoms with van der Waals surface area (Å²) in [6, 6.07) is 14.7. The Bertz CT molecular complexity index is 552. The smallest absolute Gasteiger partial charge is 0.251 e. The summed E-state index contributed by atoms with van der Waals surface area (Å²) in [7, 11) is 0. The fraction of sp³-hybridized carbons (Fsp3) is 0.0714. The molecule has 0 atom stereocenters. The number of carbonyl (C=O) groups is 1. The molecule has 18 heavy (non-hydrogen) atoms. The Morgan fingerprint density at radius 1 is 1.11 bits per heavy atom. The van der Waals surface area contributed by atoms with Crippen LogP contribution in [0.25, 0.3) is 0 Å². The van der Waals surface area contributed by atoms with Crippen molar-refractivity contribution in [1.82, 2.24) is 5.32 Å². The van der Waals surface area contributed by atoms with E-state index < -0.39 is 0 Å². The van der Waals surface area contributed by atoms with Crippen LogP contribution >= 0.6 is 15.9 Å². The van der Waals surface area contributed by atoms with Gasteiger partial charge in [0.15, 0.2) is 0 Å². The van der Waals surface area contributed by atoms with Crippen LogP contribution in [-0.2, 0) is 6.54 Å². The standard InChI is InChI=1S/C14H13BrN2O/c15-12-7-5-10(6-8-12)14(18)17-9-11-3-1-2-4-13(11)16/h1-8H,9,16H2,(H,17,18). The first-order valence-corrected chi connectivity index (χ1v) is 6.33. The van der Waals surface area contributed by atoms with Gasteiger partial charge in [-0.2, -0.15) is 0 Å². The third kappa shape index (κ3) is 3.11. The monoisotopic (exact) mass is 304 g/mol. The van der Waals surface area contributed by atoms with Gasteiger partial charge < -0.3 is 11.1 Å². The van der Waals surface area contributed by atoms with Crippen LogP contribution in [0.4, 0.5) is 5.69 Å². The molecule has 2 aromatic rings. The number of nitrogens with one attached hydrogen (secondary N) is 1. The predicted octanol–water partition coefficient (Wildman–Crippen LogP) is 2.96. The van der Waals surface area contributed by atoms with Gasteiger partial charge in [-0.3, -0.25) is 4.79 Å². The maximum Gasteiger partial charge on any atom is 0.251 e. The lowest BCUT2D eigenvalue weighted by Crippen LogP contribution is -2.23. The molecule has 0 radical (unpaired) electrons. The molecule has 0 unspecified atom stereocenters. The Morgan fingerprint density at radius 3 is 2.44 bits per heavy atom. The largest absolute Gasteiger partial charge is 0.398 e. The van der Waals surface area contributed by atoms with E-state index in [0.717, 1.165) is 10.0 Å². The topological polar surface area (TPSA) is 55.1 Å². The number of carbonyl (C=O) groups excluding carboxylic acids is 1. The number of nitrogens with two attached hydrogens (primary N) is 1. The third-order valence-corrected chi connectivity index (χ3v) is 3.13. The van der Waals surface area contributed by atoms with Crippen LogP contribution in [0.15, 0.2) is 53.0 Å². The lowest BCUT2D eigenvalue weighted by Gasteiger charge is -2.07. The summed E-state index contributed by atoms with van der Waals surface area (Å²) in [6.45, 7) is 0.432. The zero-order chi connectivity index (χ0) is 13.0. The maximum atomic E-state index is 11.9. The molecule has 0 aliphatic carbocycles. The molecule has 0 aliphatic heterocycles. The molecular formula is C14H13BrN2O. The zero-order valence-electron chi connectivity index (χ0n) is 9.69. The van der Waals surface area contributed by atoms with Crippen molar-refractivity contribution in [3.05, 3.63) is 64.1 Å². The van der Waals surface area contributed by atoms with Gasteiger partial charge in [0.25, 0.3) is 5.91 Å². The minimum Gasteiger partial charge on any atom is -0.398 e. The highest BCUT2D eigenvalue weighted by molar-refractivity contribution is 9.10. The predicted molar refractivity (Wildman–Crippen MR) is 76.2 cm³/mol. The Hall–Kier alpha value is -1.81. The molecule has 92 valence electrons. The van der Waals surface area contributed by atoms with Crippen molar-refractivity contribution in [2.24, 2.45) is 0 Å². The number of hydrogen-bond acceptors (Lipinski definition) is 2. The lowest BCUT2D eigenvalue weighted by atomic mass is 10.1. The highest BCUT2D eigenvalue weighted by Crippen LogP contribution is 2.12. The van der Waals surface area contributed by atoms with E-state index in [4.69, 9.17) is 5.73 Å². The summed E-state index contributed by atoms with van der Waals surface area (Å²) >= 11 is 3.33. The summed E-state index contributed by atoms with van der Waals surface area (Å²) in [4.78, 5) is 11.9. The van der Waals surface area contributed by atoms with Crippen molar-refractivity contribution in [3.8, 4) is 0 Å². The average Bonchev–Trinajstić information content (AvgIpc) is 2.38. The molecule has 0 saturated carbocycles. The van der Waals surface area contributed by atoms with Crippen LogP contribution in [0.2, 0.25) is 0 Å². The SMILES string of the molecule is Nc1ccccc1CNC(=O)c1ccc(Br)cc1. The second-order valence-electron chi connectivity index (χ2n) is 3.89. The number of rotatable bonds is 3. The molecule has 0 aromatic heterocycles. The van der Waals surface area contributed by atoms with Crippen molar-refractivity contribution in [1.29, 1.82) is 0 Å². The number of anilines is 1. The van der Waals surface area contributed by atoms with Crippen LogP contribution in [0.1, 0.15) is 15.9 Å². The van der Waals surface area contributed by atoms with Crippen LogP contribution in [0.5, 0.6) is 0 Å². The second kappa shape index (κ2) is 5.69. The first-order chi connectivity index (χ1) is 8.66. The highest BCUT2D eigenvalue weighted by Gasteiger charge is 2.05. The van der Waals surface area contributed by atoms with Crippen LogP contribution in [-0.4, -0.2) is 5.91 Å². The first-order valence-electron chi connectivity index (χ1n) is 5.54. The van der Waals surface area contributed by atoms with Gasteiger partial charge in [-0.25, -0.2) is 0 Å². The van der Waals surface area contributed by atoms with Crippen molar-refractivity contribution in [2.45, 2.75) is 6.54 Å². The molecule has 4 heteroatoms. The maximum absolute atomic E-state index is 11.9. The summed E-state index contributed by atoms with van der Waals surface area (Å²) < 4.78 is 0.950. The van der Waals surface area contributed by atoms with Gasteiger partial charge in [0.1, 0.15) is 0 Å². The second-order valence-corrected chi connectivity index (χ2v) is 4.80. The average molecular weight is 305 g/mol. The Labute approximate surface area is 114 Å². The number of hydrogen-bond donors (Lipinski definition) is 2. The minimum absolute atomic E-state index is 0.106. The third-order valence-electron chi connectivity index (χ3n) is 2.60. The minimum atomic E-state index is -0.106. The molecule has 2 rings (SSSR count). The van der Waals surface area contributed by atoms with E-state index in [9.17, 15) is 4.79 Å². The Kier molecular flexibility index (Phi) is 3.99. The number of para-hydroxylation sites is 1. The van der Waals surface area contributed by atoms with Crippen LogP contribution in [0.3, 0.4) is 0 Å². The van der Waals surface area contributed by atoms with Crippen molar-refractivity contribution >= 4 is 27.5 Å². The Balaban J connectivity index is 2.01. The van der Waals surface area contributed by atoms with Gasteiger partial charge in [0.05, 0.1) is 0 Å². The summed E-state index contributed by atoms with van der Waals surface area (Å²) in [6.07, 6.45) is 0. The number of benzene rings is 2. The van der Waals surface area contributed by atoms with E-state index in [1.807, 2.05) is 36.4 Å². The van der Waals surface area contributed by atoms with E-state index in [0.29, 0.717) is 17.8 Å². The van der Waals surface area contributed by atoms with Crippen molar-refractivity contribution in [2.75, 3.05) is 5.73 Å². The molecule has 3 nitrogen and oxygen atoms in total. The molecule has 0 aliphatic rings. The van der Waals surface area contributed by atoms with Gasteiger partial charge in [-0.1, -0.05) is 34.1 Å². The zero-order valence-corrected chi connectivity index (χ0v) is 11.3. The van der Waals surface area contributed by atoms with Crippen LogP contribution < -0.4 is 11.1 Å². The lowest BCUT2D eigenvalue weighted by molar-refractivity contribution is 0.0951. The van der Waals surface area contributed by atoms with Crippen LogP contribution in [0, 0.1) is 0 Å². The molecule has 2 aromatic carbocycles. The van der Waals surface area contributed by atoms with Gasteiger partial charge in [-0.05, 0) is 35.9 Å². The van der Waals surface area contributed by atoms with Gasteiger partial charge in [-0.15, -0.1) is 0 Å². The fourth-order valence-electron chi connectivity index (χ4n) is 1.57. The normalized spacial score (nSPS) is 10.1. The summed E-state index contributed by atoms with van der Waals surface area (Å²) in [5.74, 6) is -0.106. The fourth-order valence-corrected chi connectivity index (χ4v) is 1.84. The van der Waals surface area contributed by atoms with E-state index in [2.05, 4.69) is 21.2 Å². The molecule has 0 bridgehead atoms. The molecule has 1 amide bonds. The van der Waals surface area contributed by atoms with E-state index in [1.165, 1.54) is 0 Å². The van der Waals surface area contributed by atoms with Gasteiger partial charge in [0, 0.05) is 22.3 Å². The molecule has 0 heterocycles. The van der Waals surface area contributed by atoms with Crippen molar-refractivity contribution in [3.63, 3.8) is 0 Å². The highest BCUT2D eigenvalue weighted by atomic mass is 79.9. The van der Waals surface area contributed by atoms with Gasteiger partial charge in [0.2, 0.25) is 0 Å². The number of amides is 1. The Morgan fingerprint density at radius 2 is 1.78 bits per heavy atom. The van der Waals surface area contributed by atoms with E-state index in [-0.39, 0.29) is 5.91 Å². The molecular weight excluding hydrogens is 292 g/mol. The quantitative estimate of drug-likeness (QED) is 0.857.